The average Bonchev–Trinajstić information content (AvgIpc) is 3.07. The Balaban J connectivity index is 2.51. The van der Waals surface area contributed by atoms with Crippen LogP contribution in [0.3, 0.4) is 0 Å². The molecule has 0 saturated heterocycles. The summed E-state index contributed by atoms with van der Waals surface area (Å²) in [4.78, 5) is 41.6. The summed E-state index contributed by atoms with van der Waals surface area (Å²) >= 11 is 0. The maximum Gasteiger partial charge on any atom is 0.355 e. The first kappa shape index (κ1) is 27.2. The third kappa shape index (κ3) is 5.69. The molecule has 7 nitrogen and oxygen atoms in total. The molecule has 1 heterocycles. The maximum atomic E-state index is 13.8. The largest absolute Gasteiger partial charge is 0.497 e. The molecule has 0 spiro atoms. The zero-order valence-corrected chi connectivity index (χ0v) is 21.7. The number of benzene rings is 1. The molecule has 2 aromatic rings. The zero-order chi connectivity index (χ0) is 25.6. The van der Waals surface area contributed by atoms with Crippen LogP contribution in [0.25, 0.3) is 0 Å². The number of aromatic nitrogens is 1. The van der Waals surface area contributed by atoms with Gasteiger partial charge in [-0.2, -0.15) is 0 Å². The van der Waals surface area contributed by atoms with E-state index in [4.69, 9.17) is 9.47 Å². The molecule has 1 amide bonds. The van der Waals surface area contributed by atoms with Crippen molar-refractivity contribution in [1.29, 1.82) is 0 Å². The number of Topliss-reactive ketones (excluding diaryl/α,β-unsaturated/α-hetero) is 1. The van der Waals surface area contributed by atoms with E-state index in [0.717, 1.165) is 6.42 Å². The van der Waals surface area contributed by atoms with E-state index < -0.39 is 12.0 Å². The summed E-state index contributed by atoms with van der Waals surface area (Å²) in [6.45, 7) is 14.4. The van der Waals surface area contributed by atoms with Crippen molar-refractivity contribution >= 4 is 17.7 Å². The summed E-state index contributed by atoms with van der Waals surface area (Å²) < 4.78 is 12.3. The smallest absolute Gasteiger partial charge is 0.355 e. The highest BCUT2D eigenvalue weighted by molar-refractivity contribution is 6.07. The average molecular weight is 471 g/mol. The number of rotatable bonds is 11. The monoisotopic (exact) mass is 470 g/mol. The van der Waals surface area contributed by atoms with Gasteiger partial charge in [0.1, 0.15) is 11.4 Å². The predicted molar refractivity (Wildman–Crippen MR) is 133 cm³/mol. The molecule has 2 rings (SSSR count). The molecule has 0 fully saturated rings. The lowest BCUT2D eigenvalue weighted by Gasteiger charge is -2.29. The van der Waals surface area contributed by atoms with Crippen molar-refractivity contribution in [3.05, 3.63) is 52.3 Å². The Morgan fingerprint density at radius 1 is 1.09 bits per heavy atom. The second-order valence-corrected chi connectivity index (χ2v) is 8.85. The number of esters is 1. The van der Waals surface area contributed by atoms with Crippen molar-refractivity contribution < 1.29 is 23.9 Å². The van der Waals surface area contributed by atoms with E-state index in [2.05, 4.69) is 13.8 Å². The lowest BCUT2D eigenvalue weighted by Crippen LogP contribution is -2.44. The van der Waals surface area contributed by atoms with Gasteiger partial charge in [0.25, 0.3) is 5.91 Å². The number of carbonyl (C=O) groups excluding carboxylic acids is 3. The molecule has 7 heteroatoms. The Morgan fingerprint density at radius 2 is 1.76 bits per heavy atom. The van der Waals surface area contributed by atoms with Crippen molar-refractivity contribution in [2.24, 2.45) is 5.92 Å². The van der Waals surface area contributed by atoms with Crippen LogP contribution < -0.4 is 4.74 Å². The molecule has 1 unspecified atom stereocenters. The summed E-state index contributed by atoms with van der Waals surface area (Å²) in [5, 5.41) is 0. The minimum atomic E-state index is -0.711. The van der Waals surface area contributed by atoms with Crippen molar-refractivity contribution in [3.8, 4) is 5.75 Å². The van der Waals surface area contributed by atoms with E-state index in [-0.39, 0.29) is 18.3 Å². The molecule has 34 heavy (non-hydrogen) atoms. The molecule has 0 bridgehead atoms. The summed E-state index contributed by atoms with van der Waals surface area (Å²) in [6.07, 6.45) is 0.759. The van der Waals surface area contributed by atoms with Crippen LogP contribution in [0, 0.1) is 19.8 Å². The molecule has 0 radical (unpaired) electrons. The van der Waals surface area contributed by atoms with E-state index >= 15 is 0 Å². The number of ketones is 1. The Hall–Kier alpha value is -3.09. The Labute approximate surface area is 203 Å². The van der Waals surface area contributed by atoms with Crippen LogP contribution in [-0.2, 0) is 11.3 Å². The standard InChI is InChI=1S/C27H38N2O5/c1-9-28-19(6)23(18(5)24(28)27(32)34-10-2)25(30)20(7)29(15-14-17(3)4)26(31)21-12-11-13-22(16-21)33-8/h11-13,16-17,20H,9-10,14-15H2,1-8H3. The lowest BCUT2D eigenvalue weighted by atomic mass is 9.98. The highest BCUT2D eigenvalue weighted by atomic mass is 16.5. The van der Waals surface area contributed by atoms with Gasteiger partial charge < -0.3 is 18.9 Å². The van der Waals surface area contributed by atoms with E-state index in [0.29, 0.717) is 52.8 Å². The molecule has 1 aromatic carbocycles. The highest BCUT2D eigenvalue weighted by Gasteiger charge is 2.33. The van der Waals surface area contributed by atoms with E-state index in [1.54, 1.807) is 57.0 Å². The van der Waals surface area contributed by atoms with E-state index in [9.17, 15) is 14.4 Å². The van der Waals surface area contributed by atoms with Crippen molar-refractivity contribution in [2.45, 2.75) is 67.5 Å². The van der Waals surface area contributed by atoms with Crippen LogP contribution >= 0.6 is 0 Å². The number of carbonyl (C=O) groups is 3. The van der Waals surface area contributed by atoms with Gasteiger partial charge in [0.2, 0.25) is 0 Å². The summed E-state index contributed by atoms with van der Waals surface area (Å²) in [5.41, 5.74) is 2.63. The van der Waals surface area contributed by atoms with Crippen LogP contribution in [0.1, 0.15) is 83.5 Å². The molecule has 0 aliphatic heterocycles. The predicted octanol–water partition coefficient (Wildman–Crippen LogP) is 5.07. The summed E-state index contributed by atoms with van der Waals surface area (Å²) in [7, 11) is 1.55. The van der Waals surface area contributed by atoms with Gasteiger partial charge in [0.05, 0.1) is 19.8 Å². The van der Waals surface area contributed by atoms with Crippen LogP contribution in [0.4, 0.5) is 0 Å². The van der Waals surface area contributed by atoms with Crippen LogP contribution in [0.15, 0.2) is 24.3 Å². The minimum absolute atomic E-state index is 0.187. The number of ether oxygens (including phenoxy) is 2. The van der Waals surface area contributed by atoms with Crippen LogP contribution in [-0.4, -0.2) is 53.4 Å². The Kier molecular flexibility index (Phi) is 9.47. The fourth-order valence-electron chi connectivity index (χ4n) is 4.26. The van der Waals surface area contributed by atoms with Gasteiger partial charge in [-0.1, -0.05) is 19.9 Å². The van der Waals surface area contributed by atoms with E-state index in [1.165, 1.54) is 0 Å². The molecule has 1 atom stereocenters. The number of hydrogen-bond acceptors (Lipinski definition) is 5. The molecule has 1 aromatic heterocycles. The third-order valence-electron chi connectivity index (χ3n) is 6.17. The van der Waals surface area contributed by atoms with Gasteiger partial charge in [-0.05, 0) is 70.7 Å². The fraction of sp³-hybridized carbons (Fsp3) is 0.519. The normalized spacial score (nSPS) is 11.9. The van der Waals surface area contributed by atoms with Gasteiger partial charge in [-0.25, -0.2) is 4.79 Å². The van der Waals surface area contributed by atoms with Gasteiger partial charge >= 0.3 is 5.97 Å². The van der Waals surface area contributed by atoms with Crippen LogP contribution in [0.2, 0.25) is 0 Å². The fourth-order valence-corrected chi connectivity index (χ4v) is 4.26. The van der Waals surface area contributed by atoms with Crippen molar-refractivity contribution in [3.63, 3.8) is 0 Å². The molecule has 0 saturated carbocycles. The second kappa shape index (κ2) is 11.9. The topological polar surface area (TPSA) is 77.8 Å². The van der Waals surface area contributed by atoms with Gasteiger partial charge in [-0.15, -0.1) is 0 Å². The molecule has 186 valence electrons. The van der Waals surface area contributed by atoms with Crippen molar-refractivity contribution in [2.75, 3.05) is 20.3 Å². The second-order valence-electron chi connectivity index (χ2n) is 8.85. The highest BCUT2D eigenvalue weighted by Crippen LogP contribution is 2.27. The Bertz CT molecular complexity index is 1040. The molecule has 0 N–H and O–H groups in total. The molecular formula is C27H38N2O5. The first-order valence-electron chi connectivity index (χ1n) is 11.9. The van der Waals surface area contributed by atoms with Crippen molar-refractivity contribution in [1.82, 2.24) is 9.47 Å². The molecule has 0 aliphatic rings. The minimum Gasteiger partial charge on any atom is -0.497 e. The number of hydrogen-bond donors (Lipinski definition) is 0. The van der Waals surface area contributed by atoms with Crippen LogP contribution in [0.5, 0.6) is 5.75 Å². The SMILES string of the molecule is CCOC(=O)c1c(C)c(C(=O)C(C)N(CCC(C)C)C(=O)c2cccc(OC)c2)c(C)n1CC. The summed E-state index contributed by atoms with van der Waals surface area (Å²) in [6, 6.07) is 6.25. The first-order valence-corrected chi connectivity index (χ1v) is 11.9. The zero-order valence-electron chi connectivity index (χ0n) is 21.7. The van der Waals surface area contributed by atoms with Gasteiger partial charge in [0.15, 0.2) is 5.78 Å². The van der Waals surface area contributed by atoms with E-state index in [1.807, 2.05) is 18.4 Å². The first-order chi connectivity index (χ1) is 16.1. The quantitative estimate of drug-likeness (QED) is 0.338. The number of amides is 1. The summed E-state index contributed by atoms with van der Waals surface area (Å²) in [5.74, 6) is 0.0900. The maximum absolute atomic E-state index is 13.8. The lowest BCUT2D eigenvalue weighted by molar-refractivity contribution is 0.0512. The number of methoxy groups -OCH3 is 1. The molecular weight excluding hydrogens is 432 g/mol. The van der Waals surface area contributed by atoms with Gasteiger partial charge in [0, 0.05) is 29.9 Å². The van der Waals surface area contributed by atoms with Gasteiger partial charge in [-0.3, -0.25) is 9.59 Å². The number of nitrogens with zero attached hydrogens (tertiary/aromatic N) is 2. The Morgan fingerprint density at radius 3 is 2.32 bits per heavy atom. The molecule has 0 aliphatic carbocycles. The third-order valence-corrected chi connectivity index (χ3v) is 6.17.